The average Bonchev–Trinajstić information content (AvgIpc) is 3.36. The molecular formula is C25H19BrN4O3S. The van der Waals surface area contributed by atoms with Crippen LogP contribution in [0.3, 0.4) is 0 Å². The molecule has 1 aliphatic heterocycles. The first-order valence-electron chi connectivity index (χ1n) is 10.5. The highest BCUT2D eigenvalue weighted by molar-refractivity contribution is 9.10. The Bertz CT molecular complexity index is 1400. The van der Waals surface area contributed by atoms with Crippen LogP contribution in [0.4, 0.5) is 5.69 Å². The van der Waals surface area contributed by atoms with Crippen LogP contribution in [0.5, 0.6) is 5.88 Å². The molecule has 9 heteroatoms. The zero-order valence-corrected chi connectivity index (χ0v) is 20.2. The van der Waals surface area contributed by atoms with Crippen molar-refractivity contribution >= 4 is 56.1 Å². The first-order valence-corrected chi connectivity index (χ1v) is 12.3. The lowest BCUT2D eigenvalue weighted by Crippen LogP contribution is -2.27. The molecule has 2 N–H and O–H groups in total. The summed E-state index contributed by atoms with van der Waals surface area (Å²) in [4.78, 5) is 29.8. The van der Waals surface area contributed by atoms with Crippen LogP contribution in [0.25, 0.3) is 10.9 Å². The van der Waals surface area contributed by atoms with Gasteiger partial charge in [0, 0.05) is 22.0 Å². The average molecular weight is 535 g/mol. The monoisotopic (exact) mass is 534 g/mol. The summed E-state index contributed by atoms with van der Waals surface area (Å²) >= 11 is 4.96. The van der Waals surface area contributed by atoms with Crippen molar-refractivity contribution in [3.8, 4) is 5.88 Å². The van der Waals surface area contributed by atoms with Crippen molar-refractivity contribution in [1.29, 1.82) is 0 Å². The topological polar surface area (TPSA) is 98.1 Å². The van der Waals surface area contributed by atoms with Crippen molar-refractivity contribution in [3.05, 3.63) is 94.0 Å². The number of hydrogen-bond acceptors (Lipinski definition) is 5. The Kier molecular flexibility index (Phi) is 6.21. The Balaban J connectivity index is 1.33. The maximum atomic E-state index is 12.6. The summed E-state index contributed by atoms with van der Waals surface area (Å²) in [5.41, 5.74) is 3.29. The normalized spacial score (nSPS) is 16.1. The Labute approximate surface area is 208 Å². The summed E-state index contributed by atoms with van der Waals surface area (Å²) < 4.78 is 0.821. The lowest BCUT2D eigenvalue weighted by Gasteiger charge is -2.24. The number of H-pyrrole nitrogens is 1. The molecule has 4 aromatic rings. The van der Waals surface area contributed by atoms with Gasteiger partial charge in [0.25, 0.3) is 5.91 Å². The predicted octanol–water partition coefficient (Wildman–Crippen LogP) is 6.33. The molecule has 0 radical (unpaired) electrons. The van der Waals surface area contributed by atoms with E-state index in [2.05, 4.69) is 31.1 Å². The minimum absolute atomic E-state index is 0.0954. The van der Waals surface area contributed by atoms with Gasteiger partial charge in [-0.05, 0) is 41.5 Å². The third kappa shape index (κ3) is 4.49. The van der Waals surface area contributed by atoms with Crippen LogP contribution in [-0.2, 0) is 11.3 Å². The molecule has 1 aliphatic rings. The van der Waals surface area contributed by atoms with Crippen molar-refractivity contribution in [2.24, 2.45) is 10.2 Å². The highest BCUT2D eigenvalue weighted by Gasteiger charge is 2.32. The van der Waals surface area contributed by atoms with E-state index in [1.165, 1.54) is 0 Å². The number of hydrogen-bond donors (Lipinski definition) is 2. The highest BCUT2D eigenvalue weighted by Crippen LogP contribution is 2.40. The summed E-state index contributed by atoms with van der Waals surface area (Å²) in [6, 6.07) is 22.4. The van der Waals surface area contributed by atoms with Crippen LogP contribution in [0.1, 0.15) is 26.9 Å². The molecule has 1 aromatic heterocycles. The fourth-order valence-corrected chi connectivity index (χ4v) is 5.41. The molecular weight excluding hydrogens is 516 g/mol. The van der Waals surface area contributed by atoms with Crippen molar-refractivity contribution in [1.82, 2.24) is 9.88 Å². The number of azo groups is 1. The fourth-order valence-electron chi connectivity index (χ4n) is 3.86. The second kappa shape index (κ2) is 9.44. The molecule has 170 valence electrons. The number of aromatic nitrogens is 1. The van der Waals surface area contributed by atoms with Crippen molar-refractivity contribution in [2.75, 3.05) is 5.75 Å². The summed E-state index contributed by atoms with van der Waals surface area (Å²) in [7, 11) is 0. The van der Waals surface area contributed by atoms with Gasteiger partial charge in [-0.1, -0.05) is 58.4 Å². The molecule has 0 unspecified atom stereocenters. The molecule has 1 atom stereocenters. The Morgan fingerprint density at radius 1 is 1.12 bits per heavy atom. The summed E-state index contributed by atoms with van der Waals surface area (Å²) in [5, 5.41) is 18.5. The van der Waals surface area contributed by atoms with E-state index in [0.29, 0.717) is 28.8 Å². The summed E-state index contributed by atoms with van der Waals surface area (Å²) in [6.07, 6.45) is 0. The first kappa shape index (κ1) is 22.4. The van der Waals surface area contributed by atoms with Crippen LogP contribution in [0, 0.1) is 0 Å². The van der Waals surface area contributed by atoms with Crippen molar-refractivity contribution in [2.45, 2.75) is 11.9 Å². The Hall–Kier alpha value is -3.43. The van der Waals surface area contributed by atoms with Gasteiger partial charge in [-0.15, -0.1) is 22.0 Å². The lowest BCUT2D eigenvalue weighted by molar-refractivity contribution is -0.128. The molecule has 2 heterocycles. The third-order valence-corrected chi connectivity index (χ3v) is 7.31. The van der Waals surface area contributed by atoms with Crippen molar-refractivity contribution in [3.63, 3.8) is 0 Å². The number of thioether (sulfide) groups is 1. The van der Waals surface area contributed by atoms with Crippen LogP contribution in [-0.4, -0.2) is 32.6 Å². The third-order valence-electron chi connectivity index (χ3n) is 5.56. The maximum Gasteiger partial charge on any atom is 0.295 e. The predicted molar refractivity (Wildman–Crippen MR) is 135 cm³/mol. The van der Waals surface area contributed by atoms with Gasteiger partial charge >= 0.3 is 0 Å². The summed E-state index contributed by atoms with van der Waals surface area (Å²) in [6.45, 7) is 0.538. The van der Waals surface area contributed by atoms with Gasteiger partial charge in [0.15, 0.2) is 5.69 Å². The van der Waals surface area contributed by atoms with E-state index in [1.807, 2.05) is 53.4 Å². The number of aromatic amines is 1. The standard InChI is InChI=1S/C25H19BrN4O3S/c26-18-10-11-20-19(12-18)22(24(33)27-20)28-29-23(32)16-6-8-17(9-7-16)25-30(21(31)14-34-25)13-15-4-2-1-3-5-15/h1-12,25,27,33H,13-14H2/t25-/m1/s1. The number of aromatic hydroxyl groups is 1. The highest BCUT2D eigenvalue weighted by atomic mass is 79.9. The molecule has 5 rings (SSSR count). The number of carbonyl (C=O) groups excluding carboxylic acids is 2. The molecule has 2 amide bonds. The van der Waals surface area contributed by atoms with E-state index >= 15 is 0 Å². The number of benzene rings is 3. The molecule has 0 saturated carbocycles. The van der Waals surface area contributed by atoms with Crippen molar-refractivity contribution < 1.29 is 14.7 Å². The number of carbonyl (C=O) groups is 2. The molecule has 1 saturated heterocycles. The number of halogens is 1. The molecule has 0 bridgehead atoms. The molecule has 34 heavy (non-hydrogen) atoms. The largest absolute Gasteiger partial charge is 0.493 e. The maximum absolute atomic E-state index is 12.6. The Morgan fingerprint density at radius 3 is 2.65 bits per heavy atom. The SMILES string of the molecule is O=C(N=Nc1c(O)[nH]c2ccc(Br)cc12)c1ccc([C@H]2SCC(=O)N2Cc2ccccc2)cc1. The molecule has 0 spiro atoms. The molecule has 7 nitrogen and oxygen atoms in total. The zero-order valence-electron chi connectivity index (χ0n) is 17.8. The number of nitrogens with one attached hydrogen (secondary N) is 1. The first-order chi connectivity index (χ1) is 16.5. The van der Waals surface area contributed by atoms with E-state index in [9.17, 15) is 14.7 Å². The number of amides is 2. The molecule has 1 fully saturated rings. The van der Waals surface area contributed by atoms with E-state index in [-0.39, 0.29) is 22.8 Å². The van der Waals surface area contributed by atoms with Crippen LogP contribution >= 0.6 is 27.7 Å². The summed E-state index contributed by atoms with van der Waals surface area (Å²) in [5.74, 6) is -0.151. The van der Waals surface area contributed by atoms with Crippen LogP contribution in [0.15, 0.2) is 87.5 Å². The van der Waals surface area contributed by atoms with Gasteiger partial charge in [-0.3, -0.25) is 9.59 Å². The van der Waals surface area contributed by atoms with E-state index in [1.54, 1.807) is 36.0 Å². The van der Waals surface area contributed by atoms with Gasteiger partial charge in [0.2, 0.25) is 11.8 Å². The number of rotatable bonds is 5. The second-order valence-corrected chi connectivity index (χ2v) is 9.79. The number of fused-ring (bicyclic) bond motifs is 1. The molecule has 0 aliphatic carbocycles. The van der Waals surface area contributed by atoms with Gasteiger partial charge in [0.05, 0.1) is 11.3 Å². The lowest BCUT2D eigenvalue weighted by atomic mass is 10.1. The van der Waals surface area contributed by atoms with Crippen LogP contribution in [0.2, 0.25) is 0 Å². The van der Waals surface area contributed by atoms with E-state index < -0.39 is 5.91 Å². The number of nitrogens with zero attached hydrogens (tertiary/aromatic N) is 3. The van der Waals surface area contributed by atoms with Gasteiger partial charge in [0.1, 0.15) is 5.37 Å². The minimum atomic E-state index is -0.522. The van der Waals surface area contributed by atoms with Crippen LogP contribution < -0.4 is 0 Å². The molecule has 3 aromatic carbocycles. The van der Waals surface area contributed by atoms with Gasteiger partial charge < -0.3 is 15.0 Å². The quantitative estimate of drug-likeness (QED) is 0.292. The van der Waals surface area contributed by atoms with E-state index in [0.717, 1.165) is 15.6 Å². The smallest absolute Gasteiger partial charge is 0.295 e. The van der Waals surface area contributed by atoms with Gasteiger partial charge in [-0.25, -0.2) is 0 Å². The fraction of sp³-hybridized carbons (Fsp3) is 0.120. The zero-order chi connectivity index (χ0) is 23.7. The minimum Gasteiger partial charge on any atom is -0.493 e. The van der Waals surface area contributed by atoms with Gasteiger partial charge in [-0.2, -0.15) is 0 Å². The second-order valence-electron chi connectivity index (χ2n) is 7.81. The Morgan fingerprint density at radius 2 is 1.88 bits per heavy atom. The van der Waals surface area contributed by atoms with E-state index in [4.69, 9.17) is 0 Å².